The van der Waals surface area contributed by atoms with Gasteiger partial charge in [0.2, 0.25) is 0 Å². The Hall–Kier alpha value is 0.0200. The van der Waals surface area contributed by atoms with Gasteiger partial charge in [-0.3, -0.25) is 0 Å². The lowest BCUT2D eigenvalue weighted by Gasteiger charge is -2.31. The second-order valence-electron chi connectivity index (χ2n) is 5.46. The first-order chi connectivity index (χ1) is 7.24. The lowest BCUT2D eigenvalue weighted by molar-refractivity contribution is -0.110. The predicted octanol–water partition coefficient (Wildman–Crippen LogP) is 3.67. The Morgan fingerprint density at radius 1 is 1.33 bits per heavy atom. The van der Waals surface area contributed by atoms with Crippen molar-refractivity contribution in [2.45, 2.75) is 56.6 Å². The summed E-state index contributed by atoms with van der Waals surface area (Å²) in [5.74, 6) is 2.95. The van der Waals surface area contributed by atoms with E-state index in [1.807, 2.05) is 11.8 Å². The van der Waals surface area contributed by atoms with Crippen LogP contribution in [0.4, 0.5) is 0 Å². The largest absolute Gasteiger partial charge is 0.302 e. The Bertz CT molecular complexity index is 213. The maximum atomic E-state index is 11.2. The number of hydrogen-bond donors (Lipinski definition) is 0. The summed E-state index contributed by atoms with van der Waals surface area (Å²) in [4.78, 5) is 11.2. The third kappa shape index (κ3) is 2.77. The fourth-order valence-electron chi connectivity index (χ4n) is 3.04. The molecule has 1 atom stereocenters. The van der Waals surface area contributed by atoms with E-state index in [-0.39, 0.29) is 4.75 Å². The minimum atomic E-state index is 0.0191. The average Bonchev–Trinajstić information content (AvgIpc) is 2.71. The Morgan fingerprint density at radius 2 is 2.07 bits per heavy atom. The van der Waals surface area contributed by atoms with Crippen LogP contribution in [0.2, 0.25) is 0 Å². The van der Waals surface area contributed by atoms with E-state index < -0.39 is 0 Å². The predicted molar refractivity (Wildman–Crippen MR) is 66.2 cm³/mol. The summed E-state index contributed by atoms with van der Waals surface area (Å²) in [6, 6.07) is 0. The summed E-state index contributed by atoms with van der Waals surface area (Å²) >= 11 is 1.92. The summed E-state index contributed by atoms with van der Waals surface area (Å²) in [5, 5.41) is 0. The van der Waals surface area contributed by atoms with Gasteiger partial charge in [0.05, 0.1) is 4.75 Å². The van der Waals surface area contributed by atoms with Gasteiger partial charge in [-0.15, -0.1) is 11.8 Å². The van der Waals surface area contributed by atoms with Crippen molar-refractivity contribution in [2.24, 2.45) is 11.8 Å². The zero-order valence-corrected chi connectivity index (χ0v) is 10.5. The van der Waals surface area contributed by atoms with Crippen LogP contribution in [0.15, 0.2) is 0 Å². The van der Waals surface area contributed by atoms with Crippen LogP contribution in [0.3, 0.4) is 0 Å². The quantitative estimate of drug-likeness (QED) is 0.683. The van der Waals surface area contributed by atoms with Crippen molar-refractivity contribution in [3.8, 4) is 0 Å². The Kier molecular flexibility index (Phi) is 3.76. The van der Waals surface area contributed by atoms with E-state index in [0.29, 0.717) is 0 Å². The van der Waals surface area contributed by atoms with Crippen molar-refractivity contribution >= 4 is 18.0 Å². The third-order valence-corrected chi connectivity index (χ3v) is 5.65. The smallest absolute Gasteiger partial charge is 0.136 e. The molecule has 0 aromatic carbocycles. The van der Waals surface area contributed by atoms with Crippen LogP contribution < -0.4 is 0 Å². The minimum Gasteiger partial charge on any atom is -0.302 e. The highest BCUT2D eigenvalue weighted by atomic mass is 32.2. The van der Waals surface area contributed by atoms with Crippen molar-refractivity contribution in [3.63, 3.8) is 0 Å². The first-order valence-corrected chi connectivity index (χ1v) is 7.33. The molecule has 1 nitrogen and oxygen atoms in total. The molecule has 0 bridgehead atoms. The van der Waals surface area contributed by atoms with E-state index in [2.05, 4.69) is 6.92 Å². The van der Waals surface area contributed by atoms with Gasteiger partial charge < -0.3 is 4.79 Å². The van der Waals surface area contributed by atoms with Crippen molar-refractivity contribution in [1.82, 2.24) is 0 Å². The van der Waals surface area contributed by atoms with Gasteiger partial charge in [-0.1, -0.05) is 32.6 Å². The van der Waals surface area contributed by atoms with Crippen LogP contribution in [-0.4, -0.2) is 16.8 Å². The monoisotopic (exact) mass is 226 g/mol. The molecular weight excluding hydrogens is 204 g/mol. The zero-order valence-electron chi connectivity index (χ0n) is 9.71. The number of hydrogen-bond acceptors (Lipinski definition) is 2. The summed E-state index contributed by atoms with van der Waals surface area (Å²) < 4.78 is 0.0191. The van der Waals surface area contributed by atoms with Gasteiger partial charge >= 0.3 is 0 Å². The normalized spacial score (nSPS) is 41.7. The molecule has 1 aliphatic heterocycles. The van der Waals surface area contributed by atoms with Crippen LogP contribution in [0.5, 0.6) is 0 Å². The van der Waals surface area contributed by atoms with E-state index in [4.69, 9.17) is 0 Å². The second kappa shape index (κ2) is 4.90. The number of thioether (sulfide) groups is 1. The summed E-state index contributed by atoms with van der Waals surface area (Å²) in [6.45, 7) is 2.36. The first-order valence-electron chi connectivity index (χ1n) is 6.34. The molecule has 2 rings (SSSR count). The molecule has 0 aromatic rings. The van der Waals surface area contributed by atoms with Gasteiger partial charge in [-0.05, 0) is 36.9 Å². The van der Waals surface area contributed by atoms with Crippen molar-refractivity contribution < 1.29 is 4.79 Å². The molecule has 0 aromatic heterocycles. The standard InChI is InChI=1S/C13H22OS/c1-11-3-5-12(6-4-11)9-13(10-14)7-2-8-15-13/h10-12H,2-9H2,1H3. The van der Waals surface area contributed by atoms with Crippen LogP contribution in [-0.2, 0) is 4.79 Å². The molecule has 15 heavy (non-hydrogen) atoms. The van der Waals surface area contributed by atoms with E-state index in [0.717, 1.165) is 24.7 Å². The third-order valence-electron chi connectivity index (χ3n) is 4.12. The molecule has 1 heterocycles. The Labute approximate surface area is 97.4 Å². The first kappa shape index (κ1) is 11.5. The molecule has 0 spiro atoms. The second-order valence-corrected chi connectivity index (χ2v) is 6.97. The van der Waals surface area contributed by atoms with Gasteiger partial charge in [-0.2, -0.15) is 0 Å². The molecule has 1 aliphatic carbocycles. The van der Waals surface area contributed by atoms with Gasteiger partial charge in [0.1, 0.15) is 6.29 Å². The fourth-order valence-corrected chi connectivity index (χ4v) is 4.45. The van der Waals surface area contributed by atoms with Gasteiger partial charge in [0.15, 0.2) is 0 Å². The van der Waals surface area contributed by atoms with Crippen LogP contribution in [0.25, 0.3) is 0 Å². The molecule has 1 unspecified atom stereocenters. The maximum Gasteiger partial charge on any atom is 0.136 e. The lowest BCUT2D eigenvalue weighted by Crippen LogP contribution is -2.28. The Balaban J connectivity index is 1.87. The molecule has 2 heteroatoms. The SMILES string of the molecule is CC1CCC(CC2(C=O)CCCS2)CC1. The molecule has 1 saturated heterocycles. The minimum absolute atomic E-state index is 0.0191. The van der Waals surface area contributed by atoms with Crippen molar-refractivity contribution in [2.75, 3.05) is 5.75 Å². The molecule has 86 valence electrons. The molecule has 2 fully saturated rings. The van der Waals surface area contributed by atoms with Crippen LogP contribution in [0, 0.1) is 11.8 Å². The molecule has 0 radical (unpaired) electrons. The fraction of sp³-hybridized carbons (Fsp3) is 0.923. The van der Waals surface area contributed by atoms with E-state index in [1.165, 1.54) is 44.1 Å². The van der Waals surface area contributed by atoms with Crippen LogP contribution in [0.1, 0.15) is 51.9 Å². The van der Waals surface area contributed by atoms with Crippen LogP contribution >= 0.6 is 11.8 Å². The zero-order chi connectivity index (χ0) is 10.7. The average molecular weight is 226 g/mol. The highest BCUT2D eigenvalue weighted by molar-refractivity contribution is 8.01. The summed E-state index contributed by atoms with van der Waals surface area (Å²) in [7, 11) is 0. The van der Waals surface area contributed by atoms with Gasteiger partial charge in [0.25, 0.3) is 0 Å². The lowest BCUT2D eigenvalue weighted by atomic mass is 9.78. The Morgan fingerprint density at radius 3 is 2.60 bits per heavy atom. The topological polar surface area (TPSA) is 17.1 Å². The highest BCUT2D eigenvalue weighted by Crippen LogP contribution is 2.44. The maximum absolute atomic E-state index is 11.2. The van der Waals surface area contributed by atoms with Gasteiger partial charge in [0, 0.05) is 0 Å². The molecule has 0 amide bonds. The molecule has 1 saturated carbocycles. The number of aldehydes is 1. The van der Waals surface area contributed by atoms with Crippen molar-refractivity contribution in [3.05, 3.63) is 0 Å². The van der Waals surface area contributed by atoms with E-state index in [1.54, 1.807) is 0 Å². The summed E-state index contributed by atoms with van der Waals surface area (Å²) in [6.07, 6.45) is 10.3. The molecular formula is C13H22OS. The van der Waals surface area contributed by atoms with Gasteiger partial charge in [-0.25, -0.2) is 0 Å². The molecule has 2 aliphatic rings. The van der Waals surface area contributed by atoms with E-state index in [9.17, 15) is 4.79 Å². The molecule has 0 N–H and O–H groups in total. The number of carbonyl (C=O) groups is 1. The van der Waals surface area contributed by atoms with Crippen molar-refractivity contribution in [1.29, 1.82) is 0 Å². The highest BCUT2D eigenvalue weighted by Gasteiger charge is 2.37. The number of rotatable bonds is 3. The van der Waals surface area contributed by atoms with E-state index >= 15 is 0 Å². The number of carbonyl (C=O) groups excluding carboxylic acids is 1. The summed E-state index contributed by atoms with van der Waals surface area (Å²) in [5.41, 5.74) is 0.